The number of rotatable bonds is 2. The molecule has 1 aromatic rings. The second-order valence-corrected chi connectivity index (χ2v) is 2.80. The van der Waals surface area contributed by atoms with Crippen LogP contribution in [-0.4, -0.2) is 22.2 Å². The number of alkyl halides is 3. The maximum Gasteiger partial charge on any atom is 0.407 e. The highest BCUT2D eigenvalue weighted by atomic mass is 19.4. The number of hydrogen-bond donors (Lipinski definition) is 2. The lowest BCUT2D eigenvalue weighted by Crippen LogP contribution is -2.28. The maximum atomic E-state index is 12.2. The first-order valence-corrected chi connectivity index (χ1v) is 3.84. The van der Waals surface area contributed by atoms with Crippen molar-refractivity contribution in [1.29, 1.82) is 0 Å². The standard InChI is InChI=1S/C8H7F3N2O2/c9-8(10,11)6(12)4-1-2-13-5(3-4)7(14)15/h1-3,6H,12H2,(H,14,15). The third kappa shape index (κ3) is 2.66. The van der Waals surface area contributed by atoms with Gasteiger partial charge < -0.3 is 10.8 Å². The summed E-state index contributed by atoms with van der Waals surface area (Å²) in [6.07, 6.45) is -3.62. The van der Waals surface area contributed by atoms with E-state index in [4.69, 9.17) is 10.8 Å². The Labute approximate surface area is 82.5 Å². The Bertz CT molecular complexity index is 378. The molecule has 0 saturated heterocycles. The predicted molar refractivity (Wildman–Crippen MR) is 44.2 cm³/mol. The van der Waals surface area contributed by atoms with Crippen LogP contribution in [0.2, 0.25) is 0 Å². The smallest absolute Gasteiger partial charge is 0.407 e. The zero-order valence-corrected chi connectivity index (χ0v) is 7.32. The molecule has 4 nitrogen and oxygen atoms in total. The molecule has 0 spiro atoms. The number of carboxylic acids is 1. The summed E-state index contributed by atoms with van der Waals surface area (Å²) in [5, 5.41) is 8.51. The van der Waals surface area contributed by atoms with Crippen molar-refractivity contribution in [1.82, 2.24) is 4.98 Å². The van der Waals surface area contributed by atoms with Gasteiger partial charge in [-0.3, -0.25) is 0 Å². The van der Waals surface area contributed by atoms with Gasteiger partial charge in [-0.25, -0.2) is 9.78 Å². The first kappa shape index (κ1) is 11.4. The minimum absolute atomic E-state index is 0.324. The van der Waals surface area contributed by atoms with Crippen LogP contribution in [0, 0.1) is 0 Å². The van der Waals surface area contributed by atoms with Crippen LogP contribution in [0.5, 0.6) is 0 Å². The number of hydrogen-bond acceptors (Lipinski definition) is 3. The summed E-state index contributed by atoms with van der Waals surface area (Å²) >= 11 is 0. The van der Waals surface area contributed by atoms with Crippen LogP contribution in [0.15, 0.2) is 18.3 Å². The van der Waals surface area contributed by atoms with Gasteiger partial charge in [0.15, 0.2) is 0 Å². The molecule has 0 bridgehead atoms. The van der Waals surface area contributed by atoms with Gasteiger partial charge in [-0.05, 0) is 17.7 Å². The molecule has 3 N–H and O–H groups in total. The molecule has 0 aliphatic carbocycles. The van der Waals surface area contributed by atoms with E-state index in [0.717, 1.165) is 18.3 Å². The van der Waals surface area contributed by atoms with Gasteiger partial charge in [0.2, 0.25) is 0 Å². The van der Waals surface area contributed by atoms with E-state index in [1.165, 1.54) is 0 Å². The van der Waals surface area contributed by atoms with Gasteiger partial charge in [0.25, 0.3) is 0 Å². The van der Waals surface area contributed by atoms with Crippen molar-refractivity contribution >= 4 is 5.97 Å². The SMILES string of the molecule is NC(c1ccnc(C(=O)O)c1)C(F)(F)F. The van der Waals surface area contributed by atoms with E-state index in [-0.39, 0.29) is 5.56 Å². The van der Waals surface area contributed by atoms with Gasteiger partial charge in [-0.2, -0.15) is 13.2 Å². The molecule has 15 heavy (non-hydrogen) atoms. The summed E-state index contributed by atoms with van der Waals surface area (Å²) in [6.45, 7) is 0. The number of nitrogens with two attached hydrogens (primary N) is 1. The molecule has 0 aliphatic heterocycles. The Kier molecular flexibility index (Phi) is 2.94. The molecule has 0 amide bonds. The zero-order valence-electron chi connectivity index (χ0n) is 7.32. The molecule has 1 rings (SSSR count). The van der Waals surface area contributed by atoms with E-state index in [0.29, 0.717) is 0 Å². The molecule has 0 radical (unpaired) electrons. The second kappa shape index (κ2) is 3.85. The van der Waals surface area contributed by atoms with Gasteiger partial charge in [0, 0.05) is 6.20 Å². The van der Waals surface area contributed by atoms with E-state index in [9.17, 15) is 18.0 Å². The number of carboxylic acid groups (broad SMARTS) is 1. The first-order valence-electron chi connectivity index (χ1n) is 3.84. The highest BCUT2D eigenvalue weighted by Crippen LogP contribution is 2.30. The summed E-state index contributed by atoms with van der Waals surface area (Å²) < 4.78 is 36.5. The fourth-order valence-corrected chi connectivity index (χ4v) is 0.946. The second-order valence-electron chi connectivity index (χ2n) is 2.80. The molecular weight excluding hydrogens is 213 g/mol. The molecule has 0 aromatic carbocycles. The average Bonchev–Trinajstić information content (AvgIpc) is 2.15. The number of nitrogens with zero attached hydrogens (tertiary/aromatic N) is 1. The number of carbonyl (C=O) groups is 1. The van der Waals surface area contributed by atoms with Crippen LogP contribution >= 0.6 is 0 Å². The van der Waals surface area contributed by atoms with Gasteiger partial charge in [-0.15, -0.1) is 0 Å². The molecule has 1 aromatic heterocycles. The summed E-state index contributed by atoms with van der Waals surface area (Å²) in [4.78, 5) is 13.8. The fraction of sp³-hybridized carbons (Fsp3) is 0.250. The molecule has 0 aliphatic rings. The highest BCUT2D eigenvalue weighted by molar-refractivity contribution is 5.85. The molecule has 0 fully saturated rings. The van der Waals surface area contributed by atoms with Crippen molar-refractivity contribution in [2.24, 2.45) is 5.73 Å². The largest absolute Gasteiger partial charge is 0.477 e. The van der Waals surface area contributed by atoms with Crippen molar-refractivity contribution in [3.8, 4) is 0 Å². The Morgan fingerprint density at radius 2 is 2.13 bits per heavy atom. The predicted octanol–water partition coefficient (Wildman–Crippen LogP) is 1.34. The molecule has 7 heteroatoms. The minimum atomic E-state index is -4.60. The Hall–Kier alpha value is -1.63. The van der Waals surface area contributed by atoms with Crippen LogP contribution in [0.4, 0.5) is 13.2 Å². The van der Waals surface area contributed by atoms with Crippen LogP contribution in [0.1, 0.15) is 22.1 Å². The number of pyridine rings is 1. The lowest BCUT2D eigenvalue weighted by atomic mass is 10.1. The normalized spacial score (nSPS) is 13.6. The third-order valence-electron chi connectivity index (χ3n) is 1.71. The molecule has 1 unspecified atom stereocenters. The van der Waals surface area contributed by atoms with Crippen molar-refractivity contribution in [3.05, 3.63) is 29.6 Å². The molecule has 1 heterocycles. The Balaban J connectivity index is 3.06. The number of aromatic carboxylic acids is 1. The molecular formula is C8H7F3N2O2. The fourth-order valence-electron chi connectivity index (χ4n) is 0.946. The average molecular weight is 220 g/mol. The van der Waals surface area contributed by atoms with E-state index in [1.807, 2.05) is 0 Å². The lowest BCUT2D eigenvalue weighted by Gasteiger charge is -2.15. The summed E-state index contributed by atoms with van der Waals surface area (Å²) in [6, 6.07) is -0.357. The van der Waals surface area contributed by atoms with Gasteiger partial charge in [0.05, 0.1) is 0 Å². The Morgan fingerprint density at radius 3 is 2.60 bits per heavy atom. The quantitative estimate of drug-likeness (QED) is 0.788. The summed E-state index contributed by atoms with van der Waals surface area (Å²) in [7, 11) is 0. The topological polar surface area (TPSA) is 76.2 Å². The van der Waals surface area contributed by atoms with E-state index >= 15 is 0 Å². The third-order valence-corrected chi connectivity index (χ3v) is 1.71. The van der Waals surface area contributed by atoms with E-state index in [2.05, 4.69) is 4.98 Å². The van der Waals surface area contributed by atoms with E-state index < -0.39 is 23.9 Å². The van der Waals surface area contributed by atoms with Crippen molar-refractivity contribution < 1.29 is 23.1 Å². The maximum absolute atomic E-state index is 12.2. The van der Waals surface area contributed by atoms with Crippen LogP contribution in [0.3, 0.4) is 0 Å². The van der Waals surface area contributed by atoms with E-state index in [1.54, 1.807) is 0 Å². The monoisotopic (exact) mass is 220 g/mol. The summed E-state index contributed by atoms with van der Waals surface area (Å²) in [5.74, 6) is -1.40. The first-order chi connectivity index (χ1) is 6.82. The van der Waals surface area contributed by atoms with Crippen molar-refractivity contribution in [2.75, 3.05) is 0 Å². The van der Waals surface area contributed by atoms with Gasteiger partial charge in [-0.1, -0.05) is 0 Å². The van der Waals surface area contributed by atoms with Crippen LogP contribution in [-0.2, 0) is 0 Å². The molecule has 0 saturated carbocycles. The van der Waals surface area contributed by atoms with Crippen molar-refractivity contribution in [2.45, 2.75) is 12.2 Å². The highest BCUT2D eigenvalue weighted by Gasteiger charge is 2.38. The zero-order chi connectivity index (χ0) is 11.6. The van der Waals surface area contributed by atoms with Gasteiger partial charge >= 0.3 is 12.1 Å². The number of halogens is 3. The van der Waals surface area contributed by atoms with Gasteiger partial charge in [0.1, 0.15) is 11.7 Å². The lowest BCUT2D eigenvalue weighted by molar-refractivity contribution is -0.149. The van der Waals surface area contributed by atoms with Crippen molar-refractivity contribution in [3.63, 3.8) is 0 Å². The number of aromatic nitrogens is 1. The summed E-state index contributed by atoms with van der Waals surface area (Å²) in [5.41, 5.74) is 4.11. The molecule has 1 atom stereocenters. The Morgan fingerprint density at radius 1 is 1.53 bits per heavy atom. The minimum Gasteiger partial charge on any atom is -0.477 e. The van der Waals surface area contributed by atoms with Crippen LogP contribution < -0.4 is 5.73 Å². The molecule has 82 valence electrons. The van der Waals surface area contributed by atoms with Crippen LogP contribution in [0.25, 0.3) is 0 Å².